The van der Waals surface area contributed by atoms with Gasteiger partial charge in [-0.2, -0.15) is 0 Å². The second-order valence-corrected chi connectivity index (χ2v) is 18.4. The van der Waals surface area contributed by atoms with Gasteiger partial charge in [-0.15, -0.1) is 0 Å². The molecule has 6 heterocycles. The van der Waals surface area contributed by atoms with Gasteiger partial charge in [0.15, 0.2) is 0 Å². The van der Waals surface area contributed by atoms with E-state index in [1.807, 2.05) is 0 Å². The SMILES string of the molecule is CC(C)(C)c1ccccc1-c1cc2c(o1)B1c3cc4c(cc3Oc3cccc(c31)N2c1ccccc1)oc1cc2c(cc14)B1c3ccccc3N(c3ccccc3)c3cccc(c31)O2. The van der Waals surface area contributed by atoms with Crippen molar-refractivity contribution in [3.63, 3.8) is 0 Å². The van der Waals surface area contributed by atoms with Crippen molar-refractivity contribution in [1.29, 1.82) is 0 Å². The van der Waals surface area contributed by atoms with Crippen LogP contribution in [0.15, 0.2) is 185 Å². The molecular weight excluding hydrogens is 786 g/mol. The molecule has 8 aromatic carbocycles. The first-order valence-corrected chi connectivity index (χ1v) is 22.1. The molecule has 64 heavy (non-hydrogen) atoms. The van der Waals surface area contributed by atoms with Gasteiger partial charge in [0.25, 0.3) is 6.71 Å². The third-order valence-corrected chi connectivity index (χ3v) is 13.7. The predicted octanol–water partition coefficient (Wildman–Crippen LogP) is 11.0. The average Bonchev–Trinajstić information content (AvgIpc) is 3.91. The Kier molecular flexibility index (Phi) is 7.18. The van der Waals surface area contributed by atoms with Crippen molar-refractivity contribution in [1.82, 2.24) is 0 Å². The molecule has 10 aromatic rings. The minimum atomic E-state index is -0.237. The highest BCUT2D eigenvalue weighted by atomic mass is 16.5. The van der Waals surface area contributed by atoms with Crippen LogP contribution in [0.4, 0.5) is 34.1 Å². The highest BCUT2D eigenvalue weighted by Crippen LogP contribution is 2.46. The molecule has 0 spiro atoms. The Bertz CT molecular complexity index is 3590. The number of anilines is 6. The summed E-state index contributed by atoms with van der Waals surface area (Å²) in [5, 5.41) is 2.05. The van der Waals surface area contributed by atoms with E-state index in [1.165, 1.54) is 16.5 Å². The van der Waals surface area contributed by atoms with Crippen LogP contribution in [0.1, 0.15) is 26.3 Å². The second-order valence-electron chi connectivity index (χ2n) is 18.4. The van der Waals surface area contributed by atoms with E-state index in [-0.39, 0.29) is 18.8 Å². The molecule has 0 radical (unpaired) electrons. The lowest BCUT2D eigenvalue weighted by Gasteiger charge is -2.39. The summed E-state index contributed by atoms with van der Waals surface area (Å²) in [6.45, 7) is 6.50. The molecule has 8 heteroatoms. The molecule has 0 aliphatic carbocycles. The van der Waals surface area contributed by atoms with Gasteiger partial charge < -0.3 is 28.1 Å². The standard InChI is InChI=1S/C56H38B2N2O4/c1-56(2,3)38-21-11-10-20-35(38)48-30-45-55(64-48)58-41-29-37-36-28-40-51(61-46-26-14-24-43-53(46)57(40)39-22-12-13-23-42(39)59(43)33-16-6-4-7-17-33)31-49(36)63-50(37)32-52(41)62-47-27-15-25-44(54(47)58)60(45)34-18-8-5-9-19-34/h4-32H,1-3H3. The Morgan fingerprint density at radius 3 is 1.59 bits per heavy atom. The van der Waals surface area contributed by atoms with E-state index in [0.29, 0.717) is 0 Å². The molecule has 302 valence electrons. The van der Waals surface area contributed by atoms with Crippen LogP contribution in [0.3, 0.4) is 0 Å². The average molecular weight is 825 g/mol. The highest BCUT2D eigenvalue weighted by molar-refractivity contribution is 7.00. The zero-order chi connectivity index (χ0) is 42.4. The molecule has 0 N–H and O–H groups in total. The van der Waals surface area contributed by atoms with Crippen LogP contribution in [0.2, 0.25) is 0 Å². The lowest BCUT2D eigenvalue weighted by molar-refractivity contribution is 0.485. The van der Waals surface area contributed by atoms with Crippen LogP contribution < -0.4 is 52.2 Å². The fourth-order valence-electron chi connectivity index (χ4n) is 11.0. The quantitative estimate of drug-likeness (QED) is 0.165. The largest absolute Gasteiger partial charge is 0.468 e. The number of benzene rings is 8. The fraction of sp³-hybridized carbons (Fsp3) is 0.0714. The molecule has 4 aliphatic heterocycles. The van der Waals surface area contributed by atoms with E-state index in [2.05, 4.69) is 206 Å². The lowest BCUT2D eigenvalue weighted by Crippen LogP contribution is -2.59. The van der Waals surface area contributed by atoms with Gasteiger partial charge in [0, 0.05) is 68.4 Å². The zero-order valence-corrected chi connectivity index (χ0v) is 35.4. The van der Waals surface area contributed by atoms with E-state index < -0.39 is 0 Å². The summed E-state index contributed by atoms with van der Waals surface area (Å²) in [6, 6.07) is 62.3. The summed E-state index contributed by atoms with van der Waals surface area (Å²) >= 11 is 0. The van der Waals surface area contributed by atoms with Crippen molar-refractivity contribution in [3.05, 3.63) is 181 Å². The first kappa shape index (κ1) is 35.7. The molecule has 0 bridgehead atoms. The number of fused-ring (bicyclic) bond motifs is 11. The summed E-state index contributed by atoms with van der Waals surface area (Å²) in [5.74, 6) is 4.08. The number of para-hydroxylation sites is 3. The Hall–Kier alpha value is -7.83. The van der Waals surface area contributed by atoms with Crippen molar-refractivity contribution >= 4 is 102 Å². The Morgan fingerprint density at radius 2 is 0.953 bits per heavy atom. The molecule has 0 unspecified atom stereocenters. The number of rotatable bonds is 3. The van der Waals surface area contributed by atoms with E-state index >= 15 is 0 Å². The monoisotopic (exact) mass is 824 g/mol. The molecule has 0 amide bonds. The maximum absolute atomic E-state index is 7.25. The van der Waals surface area contributed by atoms with Crippen LogP contribution in [0.25, 0.3) is 33.3 Å². The molecule has 4 aliphatic rings. The molecule has 0 atom stereocenters. The minimum Gasteiger partial charge on any atom is -0.468 e. The van der Waals surface area contributed by atoms with Crippen LogP contribution in [-0.4, -0.2) is 13.4 Å². The highest BCUT2D eigenvalue weighted by Gasteiger charge is 2.46. The molecule has 0 saturated carbocycles. The zero-order valence-electron chi connectivity index (χ0n) is 35.4. The number of furan rings is 2. The van der Waals surface area contributed by atoms with Gasteiger partial charge in [-0.25, -0.2) is 0 Å². The van der Waals surface area contributed by atoms with Crippen molar-refractivity contribution in [2.24, 2.45) is 0 Å². The smallest absolute Gasteiger partial charge is 0.301 e. The normalized spacial score (nSPS) is 14.0. The Balaban J connectivity index is 0.979. The van der Waals surface area contributed by atoms with E-state index in [4.69, 9.17) is 18.3 Å². The molecule has 6 nitrogen and oxygen atoms in total. The third-order valence-electron chi connectivity index (χ3n) is 13.7. The Morgan fingerprint density at radius 1 is 0.422 bits per heavy atom. The number of hydrogen-bond donors (Lipinski definition) is 0. The van der Waals surface area contributed by atoms with E-state index in [1.54, 1.807) is 0 Å². The number of hydrogen-bond acceptors (Lipinski definition) is 6. The van der Waals surface area contributed by atoms with Crippen molar-refractivity contribution in [3.8, 4) is 34.3 Å². The lowest BCUT2D eigenvalue weighted by atomic mass is 9.34. The van der Waals surface area contributed by atoms with Crippen LogP contribution in [0, 0.1) is 0 Å². The van der Waals surface area contributed by atoms with Gasteiger partial charge in [0.05, 0.1) is 11.3 Å². The summed E-state index contributed by atoms with van der Waals surface area (Å²) in [6.07, 6.45) is 0. The molecular formula is C56H38B2N2O4. The van der Waals surface area contributed by atoms with E-state index in [0.717, 1.165) is 112 Å². The van der Waals surface area contributed by atoms with Gasteiger partial charge in [-0.3, -0.25) is 0 Å². The summed E-state index contributed by atoms with van der Waals surface area (Å²) in [4.78, 5) is 4.69. The van der Waals surface area contributed by atoms with E-state index in [9.17, 15) is 0 Å². The fourth-order valence-corrected chi connectivity index (χ4v) is 11.0. The van der Waals surface area contributed by atoms with Crippen molar-refractivity contribution < 1.29 is 18.3 Å². The molecule has 0 saturated heterocycles. The number of nitrogens with zero attached hydrogens (tertiary/aromatic N) is 2. The second kappa shape index (κ2) is 12.9. The van der Waals surface area contributed by atoms with Crippen molar-refractivity contribution in [2.45, 2.75) is 26.2 Å². The van der Waals surface area contributed by atoms with Crippen molar-refractivity contribution in [2.75, 3.05) is 9.80 Å². The first-order chi connectivity index (χ1) is 31.4. The van der Waals surface area contributed by atoms with Crippen LogP contribution in [0.5, 0.6) is 23.0 Å². The van der Waals surface area contributed by atoms with Gasteiger partial charge >= 0.3 is 6.71 Å². The molecule has 2 aromatic heterocycles. The summed E-state index contributed by atoms with van der Waals surface area (Å²) < 4.78 is 27.8. The third kappa shape index (κ3) is 4.93. The van der Waals surface area contributed by atoms with Crippen LogP contribution in [-0.2, 0) is 5.41 Å². The molecule has 14 rings (SSSR count). The first-order valence-electron chi connectivity index (χ1n) is 22.1. The number of ether oxygens (including phenoxy) is 2. The molecule has 0 fully saturated rings. The van der Waals surface area contributed by atoms with Crippen LogP contribution >= 0.6 is 0 Å². The summed E-state index contributed by atoms with van der Waals surface area (Å²) in [7, 11) is 0. The summed E-state index contributed by atoms with van der Waals surface area (Å²) in [5.41, 5.74) is 16.8. The maximum atomic E-state index is 7.25. The van der Waals surface area contributed by atoms with Gasteiger partial charge in [-0.05, 0) is 87.4 Å². The Labute approximate surface area is 371 Å². The minimum absolute atomic E-state index is 0.0433. The maximum Gasteiger partial charge on any atom is 0.301 e. The van der Waals surface area contributed by atoms with Gasteiger partial charge in [0.2, 0.25) is 0 Å². The predicted molar refractivity (Wildman–Crippen MR) is 262 cm³/mol. The topological polar surface area (TPSA) is 51.2 Å². The van der Waals surface area contributed by atoms with Gasteiger partial charge in [-0.1, -0.05) is 124 Å². The van der Waals surface area contributed by atoms with Gasteiger partial charge in [0.1, 0.15) is 39.9 Å².